The quantitative estimate of drug-likeness (QED) is 0.406. The number of cyclic esters (lactones) is 1. The molecule has 0 aromatic rings. The SMILES string of the molecule is CC1CC(=C2COC2=O)C(C)C1. The molecule has 2 atom stereocenters. The zero-order valence-electron chi connectivity index (χ0n) is 7.59. The van der Waals surface area contributed by atoms with Crippen molar-refractivity contribution in [2.24, 2.45) is 11.8 Å². The zero-order chi connectivity index (χ0) is 8.72. The molecule has 0 aromatic heterocycles. The van der Waals surface area contributed by atoms with E-state index in [1.54, 1.807) is 0 Å². The zero-order valence-corrected chi connectivity index (χ0v) is 7.59. The number of carbonyl (C=O) groups is 1. The summed E-state index contributed by atoms with van der Waals surface area (Å²) in [5, 5.41) is 0. The van der Waals surface area contributed by atoms with Crippen LogP contribution in [0.1, 0.15) is 26.7 Å². The Morgan fingerprint density at radius 1 is 1.42 bits per heavy atom. The Kier molecular flexibility index (Phi) is 1.71. The van der Waals surface area contributed by atoms with Crippen molar-refractivity contribution in [2.75, 3.05) is 6.61 Å². The number of rotatable bonds is 0. The fraction of sp³-hybridized carbons (Fsp3) is 0.700. The van der Waals surface area contributed by atoms with Crippen LogP contribution in [0, 0.1) is 11.8 Å². The molecule has 1 saturated heterocycles. The first-order valence-electron chi connectivity index (χ1n) is 4.57. The number of ether oxygens (including phenoxy) is 1. The van der Waals surface area contributed by atoms with Gasteiger partial charge in [-0.2, -0.15) is 0 Å². The van der Waals surface area contributed by atoms with E-state index in [2.05, 4.69) is 13.8 Å². The van der Waals surface area contributed by atoms with Gasteiger partial charge in [-0.1, -0.05) is 19.4 Å². The van der Waals surface area contributed by atoms with E-state index in [1.165, 1.54) is 12.0 Å². The third-order valence-corrected chi connectivity index (χ3v) is 2.90. The molecule has 2 fully saturated rings. The highest BCUT2D eigenvalue weighted by atomic mass is 16.6. The van der Waals surface area contributed by atoms with Crippen LogP contribution in [-0.2, 0) is 9.53 Å². The first kappa shape index (κ1) is 7.84. The van der Waals surface area contributed by atoms with E-state index in [1.807, 2.05) is 0 Å². The van der Waals surface area contributed by atoms with Gasteiger partial charge < -0.3 is 4.74 Å². The average molecular weight is 166 g/mol. The maximum absolute atomic E-state index is 11.0. The van der Waals surface area contributed by atoms with E-state index in [0.29, 0.717) is 12.5 Å². The Balaban J connectivity index is 2.23. The fourth-order valence-electron chi connectivity index (χ4n) is 2.25. The summed E-state index contributed by atoms with van der Waals surface area (Å²) in [6.07, 6.45) is 2.33. The molecule has 66 valence electrons. The molecular weight excluding hydrogens is 152 g/mol. The average Bonchev–Trinajstić information content (AvgIpc) is 2.28. The summed E-state index contributed by atoms with van der Waals surface area (Å²) >= 11 is 0. The monoisotopic (exact) mass is 166 g/mol. The molecule has 2 aliphatic rings. The summed E-state index contributed by atoms with van der Waals surface area (Å²) in [7, 11) is 0. The van der Waals surface area contributed by atoms with E-state index in [4.69, 9.17) is 4.74 Å². The predicted molar refractivity (Wildman–Crippen MR) is 45.5 cm³/mol. The molecule has 0 aromatic carbocycles. The minimum Gasteiger partial charge on any atom is -0.457 e. The molecule has 0 spiro atoms. The van der Waals surface area contributed by atoms with Crippen molar-refractivity contribution in [2.45, 2.75) is 26.7 Å². The maximum Gasteiger partial charge on any atom is 0.337 e. The number of allylic oxidation sites excluding steroid dienone is 1. The second-order valence-corrected chi connectivity index (χ2v) is 4.03. The van der Waals surface area contributed by atoms with Crippen LogP contribution in [0.25, 0.3) is 0 Å². The van der Waals surface area contributed by atoms with Crippen molar-refractivity contribution in [1.29, 1.82) is 0 Å². The molecule has 1 saturated carbocycles. The van der Waals surface area contributed by atoms with E-state index in [-0.39, 0.29) is 5.97 Å². The highest BCUT2D eigenvalue weighted by Gasteiger charge is 2.33. The minimum absolute atomic E-state index is 0.0778. The first-order chi connectivity index (χ1) is 5.68. The van der Waals surface area contributed by atoms with Gasteiger partial charge in [-0.3, -0.25) is 0 Å². The second kappa shape index (κ2) is 2.61. The number of hydrogen-bond donors (Lipinski definition) is 0. The second-order valence-electron chi connectivity index (χ2n) is 4.03. The van der Waals surface area contributed by atoms with Crippen molar-refractivity contribution in [3.05, 3.63) is 11.1 Å². The van der Waals surface area contributed by atoms with Gasteiger partial charge in [-0.05, 0) is 24.7 Å². The Bertz CT molecular complexity index is 253. The number of hydrogen-bond acceptors (Lipinski definition) is 2. The largest absolute Gasteiger partial charge is 0.457 e. The summed E-state index contributed by atoms with van der Waals surface area (Å²) in [6.45, 7) is 5.01. The third-order valence-electron chi connectivity index (χ3n) is 2.90. The van der Waals surface area contributed by atoms with E-state index in [9.17, 15) is 4.79 Å². The van der Waals surface area contributed by atoms with Gasteiger partial charge in [0.15, 0.2) is 0 Å². The Labute approximate surface area is 72.6 Å². The minimum atomic E-state index is -0.0778. The van der Waals surface area contributed by atoms with Crippen LogP contribution >= 0.6 is 0 Å². The Morgan fingerprint density at radius 2 is 2.17 bits per heavy atom. The Morgan fingerprint density at radius 3 is 2.50 bits per heavy atom. The number of carbonyl (C=O) groups excluding carboxylic acids is 1. The van der Waals surface area contributed by atoms with Crippen LogP contribution < -0.4 is 0 Å². The van der Waals surface area contributed by atoms with Crippen molar-refractivity contribution >= 4 is 5.97 Å². The van der Waals surface area contributed by atoms with E-state index >= 15 is 0 Å². The van der Waals surface area contributed by atoms with Gasteiger partial charge in [0.25, 0.3) is 0 Å². The third kappa shape index (κ3) is 1.06. The van der Waals surface area contributed by atoms with Crippen molar-refractivity contribution < 1.29 is 9.53 Å². The Hall–Kier alpha value is -0.790. The molecule has 1 aliphatic carbocycles. The lowest BCUT2D eigenvalue weighted by molar-refractivity contribution is -0.147. The summed E-state index contributed by atoms with van der Waals surface area (Å²) in [6, 6.07) is 0. The van der Waals surface area contributed by atoms with Crippen LogP contribution in [0.3, 0.4) is 0 Å². The topological polar surface area (TPSA) is 26.3 Å². The van der Waals surface area contributed by atoms with Gasteiger partial charge >= 0.3 is 5.97 Å². The smallest absolute Gasteiger partial charge is 0.337 e. The molecule has 1 aliphatic heterocycles. The highest BCUT2D eigenvalue weighted by Crippen LogP contribution is 2.38. The molecule has 0 amide bonds. The van der Waals surface area contributed by atoms with Crippen molar-refractivity contribution in [3.8, 4) is 0 Å². The molecule has 0 radical (unpaired) electrons. The molecule has 2 nitrogen and oxygen atoms in total. The van der Waals surface area contributed by atoms with Crippen LogP contribution in [0.5, 0.6) is 0 Å². The highest BCUT2D eigenvalue weighted by molar-refractivity contribution is 5.95. The summed E-state index contributed by atoms with van der Waals surface area (Å²) in [5.74, 6) is 1.27. The molecule has 2 heteroatoms. The fourth-order valence-corrected chi connectivity index (χ4v) is 2.25. The van der Waals surface area contributed by atoms with Gasteiger partial charge in [0, 0.05) is 0 Å². The summed E-state index contributed by atoms with van der Waals surface area (Å²) in [5.41, 5.74) is 2.32. The molecule has 2 unspecified atom stereocenters. The van der Waals surface area contributed by atoms with E-state index in [0.717, 1.165) is 17.9 Å². The van der Waals surface area contributed by atoms with Gasteiger partial charge in [0.1, 0.15) is 6.61 Å². The lowest BCUT2D eigenvalue weighted by atomic mass is 9.97. The molecule has 1 heterocycles. The van der Waals surface area contributed by atoms with Crippen LogP contribution in [0.15, 0.2) is 11.1 Å². The maximum atomic E-state index is 11.0. The standard InChI is InChI=1S/C10H14O2/c1-6-3-7(2)8(4-6)9-5-12-10(9)11/h6-7H,3-5H2,1-2H3. The van der Waals surface area contributed by atoms with Gasteiger partial charge in [0.2, 0.25) is 0 Å². The number of esters is 1. The molecular formula is C10H14O2. The van der Waals surface area contributed by atoms with Gasteiger partial charge in [0.05, 0.1) is 5.57 Å². The van der Waals surface area contributed by atoms with Crippen LogP contribution in [0.4, 0.5) is 0 Å². The first-order valence-corrected chi connectivity index (χ1v) is 4.57. The van der Waals surface area contributed by atoms with Crippen molar-refractivity contribution in [3.63, 3.8) is 0 Å². The molecule has 0 N–H and O–H groups in total. The molecule has 2 rings (SSSR count). The van der Waals surface area contributed by atoms with Crippen LogP contribution in [0.2, 0.25) is 0 Å². The van der Waals surface area contributed by atoms with Crippen LogP contribution in [-0.4, -0.2) is 12.6 Å². The lowest BCUT2D eigenvalue weighted by Crippen LogP contribution is -2.26. The summed E-state index contributed by atoms with van der Waals surface area (Å²) < 4.78 is 4.74. The van der Waals surface area contributed by atoms with Gasteiger partial charge in [-0.15, -0.1) is 0 Å². The van der Waals surface area contributed by atoms with E-state index < -0.39 is 0 Å². The van der Waals surface area contributed by atoms with Gasteiger partial charge in [-0.25, -0.2) is 4.79 Å². The summed E-state index contributed by atoms with van der Waals surface area (Å²) in [4.78, 5) is 11.0. The normalized spacial score (nSPS) is 41.0. The molecule has 12 heavy (non-hydrogen) atoms. The molecule has 0 bridgehead atoms. The van der Waals surface area contributed by atoms with Crippen molar-refractivity contribution in [1.82, 2.24) is 0 Å². The lowest BCUT2D eigenvalue weighted by Gasteiger charge is -2.21. The predicted octanol–water partition coefficient (Wildman–Crippen LogP) is 1.91.